The van der Waals surface area contributed by atoms with Gasteiger partial charge in [-0.2, -0.15) is 0 Å². The Balaban J connectivity index is 2.25. The maximum absolute atomic E-state index is 5.90. The molecule has 1 atom stereocenters. The molecule has 0 saturated heterocycles. The van der Waals surface area contributed by atoms with Crippen molar-refractivity contribution < 1.29 is 0 Å². The number of anilines is 1. The second kappa shape index (κ2) is 5.62. The normalized spacial score (nSPS) is 12.3. The Bertz CT molecular complexity index is 593. The van der Waals surface area contributed by atoms with Crippen LogP contribution in [0.4, 0.5) is 5.82 Å². The molecular formula is C16H19ClN2. The number of benzene rings is 1. The zero-order chi connectivity index (χ0) is 14.0. The summed E-state index contributed by atoms with van der Waals surface area (Å²) in [6.07, 6.45) is 0. The summed E-state index contributed by atoms with van der Waals surface area (Å²) in [7, 11) is 0. The quantitative estimate of drug-likeness (QED) is 0.811. The maximum atomic E-state index is 5.90. The summed E-state index contributed by atoms with van der Waals surface area (Å²) in [5.41, 5.74) is 5.23. The molecule has 0 aliphatic carbocycles. The Hall–Kier alpha value is -1.54. The van der Waals surface area contributed by atoms with Crippen molar-refractivity contribution in [2.24, 2.45) is 0 Å². The number of hydrogen-bond acceptors (Lipinski definition) is 2. The van der Waals surface area contributed by atoms with E-state index in [2.05, 4.69) is 50.1 Å². The molecule has 3 heteroatoms. The van der Waals surface area contributed by atoms with E-state index >= 15 is 0 Å². The van der Waals surface area contributed by atoms with Crippen LogP contribution < -0.4 is 5.32 Å². The van der Waals surface area contributed by atoms with E-state index in [1.165, 1.54) is 22.3 Å². The summed E-state index contributed by atoms with van der Waals surface area (Å²) in [5.74, 6) is 0.803. The molecule has 0 aliphatic rings. The maximum Gasteiger partial charge on any atom is 0.131 e. The van der Waals surface area contributed by atoms with E-state index in [9.17, 15) is 0 Å². The SMILES string of the molecule is Cc1cc(C)c(C(C)Nc2cccc(Cl)n2)cc1C. The lowest BCUT2D eigenvalue weighted by Crippen LogP contribution is -2.10. The molecule has 1 aromatic carbocycles. The van der Waals surface area contributed by atoms with Gasteiger partial charge in [0.15, 0.2) is 0 Å². The van der Waals surface area contributed by atoms with Gasteiger partial charge in [-0.3, -0.25) is 0 Å². The van der Waals surface area contributed by atoms with Crippen LogP contribution in [0.2, 0.25) is 5.15 Å². The molecule has 2 rings (SSSR count). The van der Waals surface area contributed by atoms with Crippen LogP contribution in [0, 0.1) is 20.8 Å². The minimum atomic E-state index is 0.199. The van der Waals surface area contributed by atoms with Gasteiger partial charge in [0.1, 0.15) is 11.0 Å². The summed E-state index contributed by atoms with van der Waals surface area (Å²) >= 11 is 5.90. The lowest BCUT2D eigenvalue weighted by molar-refractivity contribution is 0.861. The molecule has 0 bridgehead atoms. The molecule has 2 aromatic rings. The van der Waals surface area contributed by atoms with Crippen LogP contribution >= 0.6 is 11.6 Å². The first-order valence-corrected chi connectivity index (χ1v) is 6.82. The van der Waals surface area contributed by atoms with E-state index < -0.39 is 0 Å². The fourth-order valence-corrected chi connectivity index (χ4v) is 2.40. The van der Waals surface area contributed by atoms with E-state index in [1.54, 1.807) is 6.07 Å². The van der Waals surface area contributed by atoms with Crippen molar-refractivity contribution in [3.05, 3.63) is 57.7 Å². The van der Waals surface area contributed by atoms with E-state index in [-0.39, 0.29) is 6.04 Å². The van der Waals surface area contributed by atoms with Crippen molar-refractivity contribution in [2.45, 2.75) is 33.7 Å². The third-order valence-electron chi connectivity index (χ3n) is 3.43. The molecule has 0 spiro atoms. The molecule has 0 aliphatic heterocycles. The van der Waals surface area contributed by atoms with Gasteiger partial charge in [0.2, 0.25) is 0 Å². The summed E-state index contributed by atoms with van der Waals surface area (Å²) in [5, 5.41) is 3.90. The number of hydrogen-bond donors (Lipinski definition) is 1. The average molecular weight is 275 g/mol. The van der Waals surface area contributed by atoms with Crippen LogP contribution in [-0.4, -0.2) is 4.98 Å². The van der Waals surface area contributed by atoms with Crippen molar-refractivity contribution >= 4 is 17.4 Å². The van der Waals surface area contributed by atoms with E-state index in [1.807, 2.05) is 12.1 Å². The molecule has 0 amide bonds. The van der Waals surface area contributed by atoms with E-state index in [0.717, 1.165) is 5.82 Å². The molecule has 0 fully saturated rings. The molecular weight excluding hydrogens is 256 g/mol. The molecule has 1 aromatic heterocycles. The molecule has 19 heavy (non-hydrogen) atoms. The second-order valence-corrected chi connectivity index (χ2v) is 5.39. The highest BCUT2D eigenvalue weighted by atomic mass is 35.5. The highest BCUT2D eigenvalue weighted by molar-refractivity contribution is 6.29. The third kappa shape index (κ3) is 3.27. The van der Waals surface area contributed by atoms with Gasteiger partial charge in [-0.1, -0.05) is 29.8 Å². The van der Waals surface area contributed by atoms with Gasteiger partial charge in [0, 0.05) is 0 Å². The van der Waals surface area contributed by atoms with Gasteiger partial charge in [-0.05, 0) is 62.1 Å². The highest BCUT2D eigenvalue weighted by Gasteiger charge is 2.10. The Kier molecular flexibility index (Phi) is 4.11. The number of aryl methyl sites for hydroxylation is 3. The van der Waals surface area contributed by atoms with Crippen LogP contribution in [0.25, 0.3) is 0 Å². The van der Waals surface area contributed by atoms with Gasteiger partial charge in [0.05, 0.1) is 6.04 Å². The minimum absolute atomic E-state index is 0.199. The number of aromatic nitrogens is 1. The largest absolute Gasteiger partial charge is 0.363 e. The molecule has 1 N–H and O–H groups in total. The van der Waals surface area contributed by atoms with Crippen LogP contribution in [0.3, 0.4) is 0 Å². The number of rotatable bonds is 3. The summed E-state index contributed by atoms with van der Waals surface area (Å²) in [6, 6.07) is 10.3. The smallest absolute Gasteiger partial charge is 0.131 e. The number of pyridine rings is 1. The summed E-state index contributed by atoms with van der Waals surface area (Å²) < 4.78 is 0. The summed E-state index contributed by atoms with van der Waals surface area (Å²) in [6.45, 7) is 8.57. The zero-order valence-electron chi connectivity index (χ0n) is 11.8. The van der Waals surface area contributed by atoms with Crippen molar-refractivity contribution in [3.8, 4) is 0 Å². The van der Waals surface area contributed by atoms with Crippen LogP contribution in [0.1, 0.15) is 35.2 Å². The zero-order valence-corrected chi connectivity index (χ0v) is 12.5. The Labute approximate surface area is 119 Å². The predicted molar refractivity (Wildman–Crippen MR) is 81.9 cm³/mol. The van der Waals surface area contributed by atoms with Crippen LogP contribution in [-0.2, 0) is 0 Å². The monoisotopic (exact) mass is 274 g/mol. The van der Waals surface area contributed by atoms with Gasteiger partial charge in [-0.25, -0.2) is 4.98 Å². The van der Waals surface area contributed by atoms with Crippen molar-refractivity contribution in [3.63, 3.8) is 0 Å². The Morgan fingerprint density at radius 1 is 1.05 bits per heavy atom. The van der Waals surface area contributed by atoms with E-state index in [4.69, 9.17) is 11.6 Å². The molecule has 100 valence electrons. The fourth-order valence-electron chi connectivity index (χ4n) is 2.24. The Morgan fingerprint density at radius 3 is 2.42 bits per heavy atom. The average Bonchev–Trinajstić information content (AvgIpc) is 2.33. The van der Waals surface area contributed by atoms with Gasteiger partial charge < -0.3 is 5.32 Å². The summed E-state index contributed by atoms with van der Waals surface area (Å²) in [4.78, 5) is 4.26. The molecule has 1 heterocycles. The Morgan fingerprint density at radius 2 is 1.74 bits per heavy atom. The van der Waals surface area contributed by atoms with E-state index in [0.29, 0.717) is 5.15 Å². The number of halogens is 1. The first kappa shape index (κ1) is 13.9. The number of nitrogens with one attached hydrogen (secondary N) is 1. The third-order valence-corrected chi connectivity index (χ3v) is 3.64. The van der Waals surface area contributed by atoms with Crippen molar-refractivity contribution in [2.75, 3.05) is 5.32 Å². The first-order valence-electron chi connectivity index (χ1n) is 6.44. The topological polar surface area (TPSA) is 24.9 Å². The van der Waals surface area contributed by atoms with Crippen molar-refractivity contribution in [1.29, 1.82) is 0 Å². The standard InChI is InChI=1S/C16H19ClN2/c1-10-8-12(3)14(9-11(10)2)13(4)18-16-7-5-6-15(17)19-16/h5-9,13H,1-4H3,(H,18,19). The highest BCUT2D eigenvalue weighted by Crippen LogP contribution is 2.24. The fraction of sp³-hybridized carbons (Fsp3) is 0.312. The predicted octanol–water partition coefficient (Wildman–Crippen LogP) is 4.83. The van der Waals surface area contributed by atoms with Gasteiger partial charge in [-0.15, -0.1) is 0 Å². The number of nitrogens with zero attached hydrogens (tertiary/aromatic N) is 1. The lowest BCUT2D eigenvalue weighted by atomic mass is 9.96. The first-order chi connectivity index (χ1) is 8.97. The molecule has 1 unspecified atom stereocenters. The lowest BCUT2D eigenvalue weighted by Gasteiger charge is -2.19. The second-order valence-electron chi connectivity index (χ2n) is 5.00. The minimum Gasteiger partial charge on any atom is -0.363 e. The van der Waals surface area contributed by atoms with Gasteiger partial charge in [0.25, 0.3) is 0 Å². The van der Waals surface area contributed by atoms with Crippen molar-refractivity contribution in [1.82, 2.24) is 4.98 Å². The van der Waals surface area contributed by atoms with Gasteiger partial charge >= 0.3 is 0 Å². The molecule has 0 saturated carbocycles. The van der Waals surface area contributed by atoms with Crippen LogP contribution in [0.15, 0.2) is 30.3 Å². The molecule has 0 radical (unpaired) electrons. The molecule has 2 nitrogen and oxygen atoms in total. The van der Waals surface area contributed by atoms with Crippen LogP contribution in [0.5, 0.6) is 0 Å².